The molecule has 104 valence electrons. The van der Waals surface area contributed by atoms with Crippen molar-refractivity contribution < 1.29 is 0 Å². The normalized spacial score (nSPS) is 24.1. The van der Waals surface area contributed by atoms with Gasteiger partial charge < -0.3 is 0 Å². The van der Waals surface area contributed by atoms with Crippen molar-refractivity contribution in [3.05, 3.63) is 40.5 Å². The Labute approximate surface area is 125 Å². The minimum absolute atomic E-state index is 0.128. The molecule has 0 radical (unpaired) electrons. The van der Waals surface area contributed by atoms with Crippen LogP contribution in [0.3, 0.4) is 0 Å². The smallest absolute Gasteiger partial charge is 0.0479 e. The summed E-state index contributed by atoms with van der Waals surface area (Å²) in [6, 6.07) is 6.79. The van der Waals surface area contributed by atoms with Gasteiger partial charge in [0.2, 0.25) is 0 Å². The van der Waals surface area contributed by atoms with Gasteiger partial charge in [0, 0.05) is 27.6 Å². The van der Waals surface area contributed by atoms with Crippen molar-refractivity contribution in [3.8, 4) is 10.4 Å². The highest BCUT2D eigenvalue weighted by molar-refractivity contribution is 7.13. The predicted molar refractivity (Wildman–Crippen MR) is 85.6 cm³/mol. The van der Waals surface area contributed by atoms with Gasteiger partial charge in [-0.2, -0.15) is 0 Å². The monoisotopic (exact) mass is 283 g/mol. The maximum absolute atomic E-state index is 5.08. The van der Waals surface area contributed by atoms with Crippen molar-refractivity contribution in [2.24, 2.45) is 0 Å². The SMILES string of the molecule is CC(C)(C)c1cc(-c2cccs2)c2c(n1)C1CCC2C1. The molecule has 20 heavy (non-hydrogen) atoms. The van der Waals surface area contributed by atoms with Crippen LogP contribution in [-0.2, 0) is 5.41 Å². The Bertz CT molecular complexity index is 649. The molecule has 0 amide bonds. The molecular formula is C18H21NS. The van der Waals surface area contributed by atoms with E-state index in [2.05, 4.69) is 44.4 Å². The Hall–Kier alpha value is -1.15. The maximum Gasteiger partial charge on any atom is 0.0479 e. The lowest BCUT2D eigenvalue weighted by atomic mass is 9.85. The second-order valence-electron chi connectivity index (χ2n) is 7.29. The molecule has 0 saturated heterocycles. The van der Waals surface area contributed by atoms with E-state index in [4.69, 9.17) is 4.98 Å². The third-order valence-electron chi connectivity index (χ3n) is 4.87. The van der Waals surface area contributed by atoms with Gasteiger partial charge in [-0.1, -0.05) is 26.8 Å². The summed E-state index contributed by atoms with van der Waals surface area (Å²) < 4.78 is 0. The molecule has 4 rings (SSSR count). The second-order valence-corrected chi connectivity index (χ2v) is 8.24. The molecule has 0 N–H and O–H groups in total. The van der Waals surface area contributed by atoms with Crippen LogP contribution in [0.1, 0.15) is 68.8 Å². The molecule has 0 aliphatic heterocycles. The zero-order chi connectivity index (χ0) is 13.9. The molecule has 2 aliphatic rings. The number of thiophene rings is 1. The van der Waals surface area contributed by atoms with E-state index in [-0.39, 0.29) is 5.41 Å². The van der Waals surface area contributed by atoms with Crippen LogP contribution in [0, 0.1) is 0 Å². The summed E-state index contributed by atoms with van der Waals surface area (Å²) in [5.41, 5.74) is 5.87. The zero-order valence-corrected chi connectivity index (χ0v) is 13.3. The molecule has 2 heteroatoms. The van der Waals surface area contributed by atoms with E-state index >= 15 is 0 Å². The number of hydrogen-bond acceptors (Lipinski definition) is 2. The van der Waals surface area contributed by atoms with Gasteiger partial charge in [-0.15, -0.1) is 11.3 Å². The summed E-state index contributed by atoms with van der Waals surface area (Å²) >= 11 is 1.86. The van der Waals surface area contributed by atoms with Crippen LogP contribution in [0.25, 0.3) is 10.4 Å². The standard InChI is InChI=1S/C18H21NS/c1-18(2,3)15-10-13(14-5-4-8-20-14)16-11-6-7-12(9-11)17(16)19-15/h4-5,8,10-12H,6-7,9H2,1-3H3. The fourth-order valence-corrected chi connectivity index (χ4v) is 4.58. The summed E-state index contributed by atoms with van der Waals surface area (Å²) in [4.78, 5) is 6.50. The minimum atomic E-state index is 0.128. The molecule has 2 aliphatic carbocycles. The highest BCUT2D eigenvalue weighted by Gasteiger charge is 2.40. The molecule has 2 unspecified atom stereocenters. The van der Waals surface area contributed by atoms with Gasteiger partial charge in [-0.25, -0.2) is 0 Å². The van der Waals surface area contributed by atoms with Crippen molar-refractivity contribution >= 4 is 11.3 Å². The van der Waals surface area contributed by atoms with Crippen LogP contribution in [0.5, 0.6) is 0 Å². The van der Waals surface area contributed by atoms with Crippen molar-refractivity contribution in [1.82, 2.24) is 4.98 Å². The topological polar surface area (TPSA) is 12.9 Å². The number of pyridine rings is 1. The largest absolute Gasteiger partial charge is 0.257 e. The van der Waals surface area contributed by atoms with Gasteiger partial charge in [-0.3, -0.25) is 4.98 Å². The number of aromatic nitrogens is 1. The van der Waals surface area contributed by atoms with Crippen molar-refractivity contribution in [2.75, 3.05) is 0 Å². The van der Waals surface area contributed by atoms with E-state index in [0.29, 0.717) is 0 Å². The fraction of sp³-hybridized carbons (Fsp3) is 0.500. The Morgan fingerprint density at radius 3 is 2.70 bits per heavy atom. The second kappa shape index (κ2) is 4.17. The maximum atomic E-state index is 5.08. The first-order chi connectivity index (χ1) is 9.54. The summed E-state index contributed by atoms with van der Waals surface area (Å²) in [5, 5.41) is 2.19. The molecule has 2 aromatic heterocycles. The van der Waals surface area contributed by atoms with Gasteiger partial charge in [-0.05, 0) is 53.8 Å². The Balaban J connectivity index is 1.98. The quantitative estimate of drug-likeness (QED) is 0.676. The molecule has 2 heterocycles. The number of fused-ring (bicyclic) bond motifs is 5. The summed E-state index contributed by atoms with van der Waals surface area (Å²) in [6.45, 7) is 6.81. The van der Waals surface area contributed by atoms with E-state index in [9.17, 15) is 0 Å². The first kappa shape index (κ1) is 12.6. The molecule has 1 nitrogen and oxygen atoms in total. The summed E-state index contributed by atoms with van der Waals surface area (Å²) in [6.07, 6.45) is 4.06. The highest BCUT2D eigenvalue weighted by Crippen LogP contribution is 2.55. The van der Waals surface area contributed by atoms with Gasteiger partial charge >= 0.3 is 0 Å². The van der Waals surface area contributed by atoms with Crippen molar-refractivity contribution in [3.63, 3.8) is 0 Å². The Morgan fingerprint density at radius 1 is 1.20 bits per heavy atom. The fourth-order valence-electron chi connectivity index (χ4n) is 3.83. The molecular weight excluding hydrogens is 262 g/mol. The van der Waals surface area contributed by atoms with Crippen LogP contribution in [-0.4, -0.2) is 4.98 Å². The Morgan fingerprint density at radius 2 is 2.00 bits per heavy atom. The molecule has 1 saturated carbocycles. The van der Waals surface area contributed by atoms with E-state index < -0.39 is 0 Å². The number of nitrogens with zero attached hydrogens (tertiary/aromatic N) is 1. The molecule has 2 atom stereocenters. The molecule has 0 spiro atoms. The van der Waals surface area contributed by atoms with Crippen LogP contribution in [0.4, 0.5) is 0 Å². The van der Waals surface area contributed by atoms with E-state index in [1.54, 1.807) is 5.56 Å². The zero-order valence-electron chi connectivity index (χ0n) is 12.4. The molecule has 1 fully saturated rings. The van der Waals surface area contributed by atoms with Gasteiger partial charge in [0.05, 0.1) is 0 Å². The lowest BCUT2D eigenvalue weighted by molar-refractivity contribution is 0.559. The van der Waals surface area contributed by atoms with Gasteiger partial charge in [0.25, 0.3) is 0 Å². The number of hydrogen-bond donors (Lipinski definition) is 0. The third kappa shape index (κ3) is 1.77. The van der Waals surface area contributed by atoms with E-state index in [0.717, 1.165) is 11.8 Å². The third-order valence-corrected chi connectivity index (χ3v) is 5.77. The average molecular weight is 283 g/mol. The molecule has 0 aromatic carbocycles. The van der Waals surface area contributed by atoms with Crippen molar-refractivity contribution in [1.29, 1.82) is 0 Å². The lowest BCUT2D eigenvalue weighted by Crippen LogP contribution is -2.16. The van der Waals surface area contributed by atoms with E-state index in [1.165, 1.54) is 41.1 Å². The predicted octanol–water partition coefficient (Wildman–Crippen LogP) is 5.47. The lowest BCUT2D eigenvalue weighted by Gasteiger charge is -2.24. The first-order valence-electron chi connectivity index (χ1n) is 7.63. The minimum Gasteiger partial charge on any atom is -0.257 e. The van der Waals surface area contributed by atoms with Crippen LogP contribution in [0.2, 0.25) is 0 Å². The van der Waals surface area contributed by atoms with Gasteiger partial charge in [0.15, 0.2) is 0 Å². The van der Waals surface area contributed by atoms with Crippen LogP contribution >= 0.6 is 11.3 Å². The van der Waals surface area contributed by atoms with Crippen LogP contribution < -0.4 is 0 Å². The van der Waals surface area contributed by atoms with Crippen LogP contribution in [0.15, 0.2) is 23.6 Å². The molecule has 2 bridgehead atoms. The van der Waals surface area contributed by atoms with Gasteiger partial charge in [0.1, 0.15) is 0 Å². The van der Waals surface area contributed by atoms with Crippen molar-refractivity contribution in [2.45, 2.75) is 57.3 Å². The highest BCUT2D eigenvalue weighted by atomic mass is 32.1. The number of rotatable bonds is 1. The average Bonchev–Trinajstić information content (AvgIpc) is 3.13. The summed E-state index contributed by atoms with van der Waals surface area (Å²) in [5.74, 6) is 1.50. The first-order valence-corrected chi connectivity index (χ1v) is 8.51. The van der Waals surface area contributed by atoms with E-state index in [1.807, 2.05) is 11.3 Å². The summed E-state index contributed by atoms with van der Waals surface area (Å²) in [7, 11) is 0. The Kier molecular flexibility index (Phi) is 2.62. The molecule has 2 aromatic rings.